The highest BCUT2D eigenvalue weighted by Crippen LogP contribution is 2.40. The van der Waals surface area contributed by atoms with Crippen molar-refractivity contribution in [3.05, 3.63) is 41.2 Å². The van der Waals surface area contributed by atoms with Gasteiger partial charge in [0.2, 0.25) is 5.91 Å². The Kier molecular flexibility index (Phi) is 6.11. The number of carbonyl (C=O) groups excluding carboxylic acids is 1. The van der Waals surface area contributed by atoms with E-state index >= 15 is 0 Å². The first kappa shape index (κ1) is 21.3. The molecule has 0 unspecified atom stereocenters. The number of benzene rings is 1. The van der Waals surface area contributed by atoms with Gasteiger partial charge in [0, 0.05) is 38.2 Å². The van der Waals surface area contributed by atoms with Crippen LogP contribution >= 0.6 is 11.6 Å². The van der Waals surface area contributed by atoms with E-state index in [0.29, 0.717) is 31.5 Å². The number of hydrogen-bond acceptors (Lipinski definition) is 6. The molecule has 2 aromatic rings. The predicted molar refractivity (Wildman–Crippen MR) is 122 cm³/mol. The molecule has 0 aliphatic carbocycles. The maximum absolute atomic E-state index is 12.8. The number of amides is 1. The largest absolute Gasteiger partial charge is 0.490 e. The fourth-order valence-electron chi connectivity index (χ4n) is 4.65. The van der Waals surface area contributed by atoms with Crippen LogP contribution in [-0.4, -0.2) is 61.3 Å². The van der Waals surface area contributed by atoms with E-state index < -0.39 is 0 Å². The molecule has 1 atom stereocenters. The van der Waals surface area contributed by atoms with Crippen LogP contribution < -0.4 is 14.4 Å². The third kappa shape index (κ3) is 4.36. The number of fused-ring (bicyclic) bond motifs is 1. The van der Waals surface area contributed by atoms with Gasteiger partial charge >= 0.3 is 0 Å². The van der Waals surface area contributed by atoms with Crippen LogP contribution in [0, 0.1) is 12.8 Å². The van der Waals surface area contributed by atoms with Crippen molar-refractivity contribution in [3.8, 4) is 11.5 Å². The quantitative estimate of drug-likeness (QED) is 0.647. The number of ether oxygens (including phenoxy) is 3. The molecule has 4 heterocycles. The molecule has 32 heavy (non-hydrogen) atoms. The third-order valence-corrected chi connectivity index (χ3v) is 6.83. The summed E-state index contributed by atoms with van der Waals surface area (Å²) in [6.07, 6.45) is 4.26. The van der Waals surface area contributed by atoms with Gasteiger partial charge in [-0.05, 0) is 43.5 Å². The summed E-state index contributed by atoms with van der Waals surface area (Å²) in [6, 6.07) is 7.94. The number of anilines is 2. The molecule has 1 amide bonds. The van der Waals surface area contributed by atoms with Gasteiger partial charge in [0.1, 0.15) is 29.4 Å². The molecule has 1 aromatic heterocycles. The Labute approximate surface area is 193 Å². The summed E-state index contributed by atoms with van der Waals surface area (Å²) in [5.74, 6) is 1.94. The molecule has 1 aromatic carbocycles. The number of aromatic nitrogens is 1. The van der Waals surface area contributed by atoms with Gasteiger partial charge in [-0.15, -0.1) is 0 Å². The summed E-state index contributed by atoms with van der Waals surface area (Å²) in [5.41, 5.74) is 2.86. The molecule has 5 rings (SSSR count). The second kappa shape index (κ2) is 9.16. The minimum Gasteiger partial charge on any atom is -0.490 e. The fraction of sp³-hybridized carbons (Fsp3) is 0.500. The molecule has 0 N–H and O–H groups in total. The van der Waals surface area contributed by atoms with Crippen LogP contribution in [0.3, 0.4) is 0 Å². The number of rotatable bonds is 4. The summed E-state index contributed by atoms with van der Waals surface area (Å²) in [5, 5.41) is 0.514. The van der Waals surface area contributed by atoms with E-state index in [2.05, 4.69) is 9.88 Å². The van der Waals surface area contributed by atoms with Gasteiger partial charge in [-0.1, -0.05) is 11.6 Å². The number of aryl methyl sites for hydroxylation is 1. The smallest absolute Gasteiger partial charge is 0.225 e. The first-order valence-corrected chi connectivity index (χ1v) is 11.7. The number of pyridine rings is 1. The highest BCUT2D eigenvalue weighted by molar-refractivity contribution is 6.30. The molecule has 8 heteroatoms. The van der Waals surface area contributed by atoms with Gasteiger partial charge in [-0.25, -0.2) is 4.98 Å². The lowest BCUT2D eigenvalue weighted by atomic mass is 9.99. The van der Waals surface area contributed by atoms with Gasteiger partial charge in [-0.3, -0.25) is 4.79 Å². The number of carbonyl (C=O) groups is 1. The van der Waals surface area contributed by atoms with Crippen molar-refractivity contribution in [3.63, 3.8) is 0 Å². The molecule has 0 saturated carbocycles. The molecule has 170 valence electrons. The van der Waals surface area contributed by atoms with Crippen molar-refractivity contribution in [2.24, 2.45) is 5.92 Å². The lowest BCUT2D eigenvalue weighted by Gasteiger charge is -2.32. The second-order valence-corrected chi connectivity index (χ2v) is 8.99. The number of likely N-dealkylation sites (tertiary alicyclic amines) is 1. The van der Waals surface area contributed by atoms with E-state index in [1.54, 1.807) is 6.20 Å². The average molecular weight is 458 g/mol. The van der Waals surface area contributed by atoms with Gasteiger partial charge in [0.05, 0.1) is 30.7 Å². The first-order valence-electron chi connectivity index (χ1n) is 11.3. The SMILES string of the molecule is Cc1cc(N2CCOc3ccc(O[C@H]4CCN(C(=O)C5CCOCC5)C4)cc32)cnc1Cl. The fourth-order valence-corrected chi connectivity index (χ4v) is 4.75. The maximum Gasteiger partial charge on any atom is 0.225 e. The lowest BCUT2D eigenvalue weighted by molar-refractivity contribution is -0.137. The van der Waals surface area contributed by atoms with E-state index in [1.165, 1.54) is 0 Å². The van der Waals surface area contributed by atoms with Gasteiger partial charge in [0.15, 0.2) is 0 Å². The van der Waals surface area contributed by atoms with Crippen LogP contribution in [-0.2, 0) is 9.53 Å². The minimum atomic E-state index is -0.00533. The zero-order chi connectivity index (χ0) is 22.1. The van der Waals surface area contributed by atoms with Crippen molar-refractivity contribution < 1.29 is 19.0 Å². The minimum absolute atomic E-state index is 0.00533. The number of halogens is 1. The molecular weight excluding hydrogens is 430 g/mol. The standard InChI is InChI=1S/C24H28ClN3O4/c1-16-12-18(14-26-23(16)25)28-8-11-31-22-3-2-19(13-21(22)28)32-20-4-7-27(15-20)24(29)17-5-9-30-10-6-17/h2-3,12-14,17,20H,4-11,15H2,1H3/t20-/m0/s1. The Morgan fingerprint density at radius 3 is 2.81 bits per heavy atom. The first-order chi connectivity index (χ1) is 15.6. The van der Waals surface area contributed by atoms with Gasteiger partial charge < -0.3 is 24.0 Å². The van der Waals surface area contributed by atoms with Crippen molar-refractivity contribution in [1.82, 2.24) is 9.88 Å². The van der Waals surface area contributed by atoms with Gasteiger partial charge in [-0.2, -0.15) is 0 Å². The zero-order valence-corrected chi connectivity index (χ0v) is 19.0. The monoisotopic (exact) mass is 457 g/mol. The molecular formula is C24H28ClN3O4. The molecule has 2 saturated heterocycles. The summed E-state index contributed by atoms with van der Waals surface area (Å²) in [7, 11) is 0. The number of hydrogen-bond donors (Lipinski definition) is 0. The van der Waals surface area contributed by atoms with Gasteiger partial charge in [0.25, 0.3) is 0 Å². The zero-order valence-electron chi connectivity index (χ0n) is 18.3. The summed E-state index contributed by atoms with van der Waals surface area (Å²) in [4.78, 5) is 21.3. The van der Waals surface area contributed by atoms with E-state index in [0.717, 1.165) is 60.8 Å². The molecule has 0 bridgehead atoms. The molecule has 0 spiro atoms. The molecule has 3 aliphatic heterocycles. The van der Waals surface area contributed by atoms with E-state index in [4.69, 9.17) is 25.8 Å². The van der Waals surface area contributed by atoms with Crippen LogP contribution in [0.1, 0.15) is 24.8 Å². The highest BCUT2D eigenvalue weighted by Gasteiger charge is 2.33. The van der Waals surface area contributed by atoms with Crippen LogP contribution in [0.15, 0.2) is 30.5 Å². The summed E-state index contributed by atoms with van der Waals surface area (Å²) in [6.45, 7) is 6.01. The van der Waals surface area contributed by atoms with Crippen LogP contribution in [0.4, 0.5) is 11.4 Å². The predicted octanol–water partition coefficient (Wildman–Crippen LogP) is 3.98. The summed E-state index contributed by atoms with van der Waals surface area (Å²) >= 11 is 6.12. The van der Waals surface area contributed by atoms with Crippen LogP contribution in [0.5, 0.6) is 11.5 Å². The molecule has 2 fully saturated rings. The Bertz CT molecular complexity index is 995. The van der Waals surface area contributed by atoms with Crippen molar-refractivity contribution in [2.45, 2.75) is 32.3 Å². The average Bonchev–Trinajstić information content (AvgIpc) is 3.29. The Balaban J connectivity index is 1.28. The Hall–Kier alpha value is -2.51. The van der Waals surface area contributed by atoms with Crippen molar-refractivity contribution >= 4 is 28.9 Å². The third-order valence-electron chi connectivity index (χ3n) is 6.44. The summed E-state index contributed by atoms with van der Waals surface area (Å²) < 4.78 is 17.6. The molecule has 7 nitrogen and oxygen atoms in total. The maximum atomic E-state index is 12.8. The van der Waals surface area contributed by atoms with E-state index in [9.17, 15) is 4.79 Å². The van der Waals surface area contributed by atoms with Crippen LogP contribution in [0.2, 0.25) is 5.15 Å². The molecule has 3 aliphatic rings. The van der Waals surface area contributed by atoms with Crippen molar-refractivity contribution in [1.29, 1.82) is 0 Å². The van der Waals surface area contributed by atoms with Crippen molar-refractivity contribution in [2.75, 3.05) is 44.4 Å². The van der Waals surface area contributed by atoms with Crippen LogP contribution in [0.25, 0.3) is 0 Å². The lowest BCUT2D eigenvalue weighted by Crippen LogP contribution is -2.38. The van der Waals surface area contributed by atoms with E-state index in [-0.39, 0.29) is 17.9 Å². The Morgan fingerprint density at radius 2 is 2.00 bits per heavy atom. The molecule has 0 radical (unpaired) electrons. The topological polar surface area (TPSA) is 64.1 Å². The highest BCUT2D eigenvalue weighted by atomic mass is 35.5. The van der Waals surface area contributed by atoms with E-state index in [1.807, 2.05) is 36.1 Å². The normalized spacial score (nSPS) is 21.2. The Morgan fingerprint density at radius 1 is 1.16 bits per heavy atom. The number of nitrogens with zero attached hydrogens (tertiary/aromatic N) is 3. The second-order valence-electron chi connectivity index (χ2n) is 8.63.